The molecule has 1 aromatic rings. The van der Waals surface area contributed by atoms with Crippen LogP contribution in [0.5, 0.6) is 0 Å². The summed E-state index contributed by atoms with van der Waals surface area (Å²) in [4.78, 5) is 2.43. The van der Waals surface area contributed by atoms with Crippen molar-refractivity contribution in [3.8, 4) is 0 Å². The SMILES string of the molecule is CBr.CN1CCc2ccccc2C1(C)C.[H-].[H-].[Mg+2]. The monoisotopic (exact) mass is 295 g/mol. The Morgan fingerprint density at radius 2 is 1.81 bits per heavy atom. The average Bonchev–Trinajstić information content (AvgIpc) is 2.27. The fourth-order valence-electron chi connectivity index (χ4n) is 2.11. The Balaban J connectivity index is -0.000000429. The molecule has 0 spiro atoms. The summed E-state index contributed by atoms with van der Waals surface area (Å²) in [5.41, 5.74) is 3.21. The molecule has 1 nitrogen and oxygen atoms in total. The van der Waals surface area contributed by atoms with Gasteiger partial charge in [0.05, 0.1) is 0 Å². The second-order valence-corrected chi connectivity index (χ2v) is 4.39. The van der Waals surface area contributed by atoms with Gasteiger partial charge in [-0.2, -0.15) is 0 Å². The summed E-state index contributed by atoms with van der Waals surface area (Å²) in [7, 11) is 2.20. The van der Waals surface area contributed by atoms with Gasteiger partial charge >= 0.3 is 23.1 Å². The zero-order chi connectivity index (χ0) is 11.5. The maximum atomic E-state index is 2.94. The Hall–Kier alpha value is 0.426. The fourth-order valence-corrected chi connectivity index (χ4v) is 2.11. The second kappa shape index (κ2) is 6.99. The van der Waals surface area contributed by atoms with Gasteiger partial charge in [-0.25, -0.2) is 0 Å². The van der Waals surface area contributed by atoms with E-state index in [1.165, 1.54) is 24.1 Å². The van der Waals surface area contributed by atoms with Crippen LogP contribution in [-0.2, 0) is 12.0 Å². The third kappa shape index (κ3) is 3.22. The zero-order valence-electron chi connectivity index (χ0n) is 12.8. The molecule has 0 N–H and O–H groups in total. The largest absolute Gasteiger partial charge is 2.00 e. The van der Waals surface area contributed by atoms with Crippen LogP contribution in [0.25, 0.3) is 0 Å². The normalized spacial score (nSPS) is 17.6. The van der Waals surface area contributed by atoms with Crippen molar-refractivity contribution in [3.63, 3.8) is 0 Å². The Morgan fingerprint density at radius 1 is 1.25 bits per heavy atom. The Bertz CT molecular complexity index is 335. The van der Waals surface area contributed by atoms with E-state index in [0.717, 1.165) is 0 Å². The molecule has 0 unspecified atom stereocenters. The summed E-state index contributed by atoms with van der Waals surface area (Å²) in [5, 5.41) is 0. The number of rotatable bonds is 0. The standard InChI is InChI=1S/C12H17N.CH3Br.Mg.2H/c1-12(2)11-7-5-4-6-10(11)8-9-13(12)3;1-2;;;/h4-7H,8-9H2,1-3H3;1H3;;;/q;;+2;2*-1. The zero-order valence-corrected chi connectivity index (χ0v) is 13.8. The van der Waals surface area contributed by atoms with Gasteiger partial charge in [0.2, 0.25) is 0 Å². The number of fused-ring (bicyclic) bond motifs is 1. The van der Waals surface area contributed by atoms with Crippen molar-refractivity contribution in [3.05, 3.63) is 35.4 Å². The summed E-state index contributed by atoms with van der Waals surface area (Å²) < 4.78 is 0. The third-order valence-electron chi connectivity index (χ3n) is 3.35. The number of alkyl halides is 1. The number of nitrogens with zero attached hydrogens (tertiary/aromatic N) is 1. The second-order valence-electron chi connectivity index (χ2n) is 4.39. The van der Waals surface area contributed by atoms with Crippen LogP contribution in [0.4, 0.5) is 0 Å². The Labute approximate surface area is 127 Å². The van der Waals surface area contributed by atoms with Crippen molar-refractivity contribution in [2.75, 3.05) is 19.4 Å². The Kier molecular flexibility index (Phi) is 7.18. The predicted octanol–water partition coefficient (Wildman–Crippen LogP) is 3.26. The molecule has 88 valence electrons. The molecule has 0 aromatic heterocycles. The number of hydrogen-bond acceptors (Lipinski definition) is 1. The first kappa shape index (κ1) is 16.4. The van der Waals surface area contributed by atoms with Gasteiger partial charge in [-0.1, -0.05) is 40.2 Å². The third-order valence-corrected chi connectivity index (χ3v) is 3.35. The van der Waals surface area contributed by atoms with Crippen LogP contribution in [0.3, 0.4) is 0 Å². The van der Waals surface area contributed by atoms with Crippen LogP contribution in [-0.4, -0.2) is 47.4 Å². The fraction of sp³-hybridized carbons (Fsp3) is 0.538. The smallest absolute Gasteiger partial charge is 1.00 e. The van der Waals surface area contributed by atoms with E-state index in [4.69, 9.17) is 0 Å². The van der Waals surface area contributed by atoms with Crippen molar-refractivity contribution in [2.45, 2.75) is 25.8 Å². The summed E-state index contributed by atoms with van der Waals surface area (Å²) >= 11 is 2.94. The van der Waals surface area contributed by atoms with E-state index >= 15 is 0 Å². The van der Waals surface area contributed by atoms with Gasteiger partial charge in [0.25, 0.3) is 0 Å². The minimum Gasteiger partial charge on any atom is -1.00 e. The molecular weight excluding hydrogens is 274 g/mol. The van der Waals surface area contributed by atoms with Crippen molar-refractivity contribution in [1.82, 2.24) is 4.90 Å². The number of benzene rings is 1. The molecule has 0 amide bonds. The minimum atomic E-state index is 0. The van der Waals surface area contributed by atoms with Gasteiger partial charge < -0.3 is 2.85 Å². The molecule has 0 aliphatic carbocycles. The van der Waals surface area contributed by atoms with Gasteiger partial charge in [0.15, 0.2) is 0 Å². The number of likely N-dealkylation sites (N-methyl/N-ethyl adjacent to an activating group) is 1. The van der Waals surface area contributed by atoms with Crippen molar-refractivity contribution >= 4 is 39.0 Å². The molecule has 1 heterocycles. The van der Waals surface area contributed by atoms with Crippen molar-refractivity contribution in [2.24, 2.45) is 0 Å². The van der Waals surface area contributed by atoms with Gasteiger partial charge in [0, 0.05) is 12.1 Å². The maximum absolute atomic E-state index is 2.94. The molecule has 16 heavy (non-hydrogen) atoms. The van der Waals surface area contributed by atoms with E-state index in [1.54, 1.807) is 0 Å². The summed E-state index contributed by atoms with van der Waals surface area (Å²) in [6, 6.07) is 8.79. The minimum absolute atomic E-state index is 0. The van der Waals surface area contributed by atoms with Crippen LogP contribution < -0.4 is 0 Å². The van der Waals surface area contributed by atoms with Gasteiger partial charge in [-0.15, -0.1) is 0 Å². The quantitative estimate of drug-likeness (QED) is 0.525. The summed E-state index contributed by atoms with van der Waals surface area (Å²) in [6.45, 7) is 5.76. The molecule has 0 radical (unpaired) electrons. The molecule has 3 heteroatoms. The van der Waals surface area contributed by atoms with Gasteiger partial charge in [-0.05, 0) is 44.3 Å². The maximum Gasteiger partial charge on any atom is 2.00 e. The van der Waals surface area contributed by atoms with Crippen molar-refractivity contribution in [1.29, 1.82) is 0 Å². The van der Waals surface area contributed by atoms with Crippen LogP contribution in [0.1, 0.15) is 27.8 Å². The Morgan fingerprint density at radius 3 is 2.44 bits per heavy atom. The first-order valence-electron chi connectivity index (χ1n) is 5.30. The molecule has 0 bridgehead atoms. The summed E-state index contributed by atoms with van der Waals surface area (Å²) in [6.07, 6.45) is 1.19. The number of halogens is 1. The van der Waals surface area contributed by atoms with Crippen LogP contribution >= 0.6 is 15.9 Å². The predicted molar refractivity (Wildman–Crippen MR) is 78.6 cm³/mol. The first-order chi connectivity index (χ1) is 7.12. The van der Waals surface area contributed by atoms with E-state index in [2.05, 4.69) is 66.0 Å². The van der Waals surface area contributed by atoms with Crippen LogP contribution in [0.2, 0.25) is 0 Å². The average molecular weight is 297 g/mol. The molecule has 1 aliphatic rings. The van der Waals surface area contributed by atoms with Gasteiger partial charge in [-0.3, -0.25) is 4.90 Å². The molecule has 0 saturated carbocycles. The van der Waals surface area contributed by atoms with Crippen LogP contribution in [0.15, 0.2) is 24.3 Å². The molecule has 2 rings (SSSR count). The van der Waals surface area contributed by atoms with E-state index in [0.29, 0.717) is 0 Å². The molecule has 0 saturated heterocycles. The van der Waals surface area contributed by atoms with E-state index in [9.17, 15) is 0 Å². The van der Waals surface area contributed by atoms with Crippen LogP contribution in [0, 0.1) is 0 Å². The van der Waals surface area contributed by atoms with Gasteiger partial charge in [0.1, 0.15) is 0 Å². The topological polar surface area (TPSA) is 3.24 Å². The van der Waals surface area contributed by atoms with E-state index < -0.39 is 0 Å². The van der Waals surface area contributed by atoms with E-state index in [-0.39, 0.29) is 31.4 Å². The molecule has 1 aliphatic heterocycles. The van der Waals surface area contributed by atoms with Crippen molar-refractivity contribution < 1.29 is 2.85 Å². The molecule has 0 atom stereocenters. The molecular formula is C13H22BrMgN. The molecule has 0 fully saturated rings. The number of hydrogen-bond donors (Lipinski definition) is 0. The summed E-state index contributed by atoms with van der Waals surface area (Å²) in [5.74, 6) is 1.81. The van der Waals surface area contributed by atoms with E-state index in [1.807, 2.05) is 5.83 Å². The molecule has 1 aromatic carbocycles. The first-order valence-corrected chi connectivity index (χ1v) is 6.88.